The molecule has 4 saturated carbocycles. The summed E-state index contributed by atoms with van der Waals surface area (Å²) in [5.41, 5.74) is 5.59. The molecule has 0 radical (unpaired) electrons. The molecular weight excluding hydrogens is 416 g/mol. The normalized spacial score (nSPS) is 37.3. The molecule has 2 amide bonds. The second-order valence-electron chi connectivity index (χ2n) is 10.8. The topological polar surface area (TPSA) is 124 Å². The van der Waals surface area contributed by atoms with Crippen LogP contribution in [0.1, 0.15) is 51.1 Å². The third-order valence-corrected chi connectivity index (χ3v) is 8.79. The van der Waals surface area contributed by atoms with Gasteiger partial charge in [0.05, 0.1) is 0 Å². The van der Waals surface area contributed by atoms with Gasteiger partial charge < -0.3 is 16.0 Å². The second kappa shape index (κ2) is 8.12. The van der Waals surface area contributed by atoms with Crippen molar-refractivity contribution in [2.24, 2.45) is 39.3 Å². The van der Waals surface area contributed by atoms with E-state index in [1.54, 1.807) is 6.20 Å². The predicted octanol–water partition coefficient (Wildman–Crippen LogP) is 2.01. The third-order valence-electron chi connectivity index (χ3n) is 8.79. The van der Waals surface area contributed by atoms with Crippen LogP contribution in [-0.2, 0) is 16.0 Å². The van der Waals surface area contributed by atoms with Crippen LogP contribution < -0.4 is 11.1 Å². The van der Waals surface area contributed by atoms with Gasteiger partial charge in [-0.15, -0.1) is 0 Å². The molecule has 3 atom stereocenters. The van der Waals surface area contributed by atoms with Crippen LogP contribution in [-0.4, -0.2) is 46.7 Å². The predicted molar refractivity (Wildman–Crippen MR) is 122 cm³/mol. The number of nitrogens with zero attached hydrogens (tertiary/aromatic N) is 4. The first-order valence-electron chi connectivity index (χ1n) is 12.1. The zero-order chi connectivity index (χ0) is 23.2. The molecular formula is C25H32N6O2. The minimum atomic E-state index is -0.837. The molecule has 3 unspecified atom stereocenters. The van der Waals surface area contributed by atoms with Crippen LogP contribution in [0.3, 0.4) is 0 Å². The number of nitrogens with two attached hydrogens (primary N) is 1. The fourth-order valence-corrected chi connectivity index (χ4v) is 7.23. The van der Waals surface area contributed by atoms with Gasteiger partial charge in [-0.1, -0.05) is 6.07 Å². The van der Waals surface area contributed by atoms with Crippen molar-refractivity contribution in [1.82, 2.24) is 15.2 Å². The Labute approximate surface area is 194 Å². The first-order chi connectivity index (χ1) is 15.8. The third kappa shape index (κ3) is 3.68. The molecule has 0 spiro atoms. The number of primary amides is 1. The molecule has 0 aromatic carbocycles. The van der Waals surface area contributed by atoms with Gasteiger partial charge >= 0.3 is 0 Å². The quantitative estimate of drug-likeness (QED) is 0.391. The summed E-state index contributed by atoms with van der Waals surface area (Å²) in [5.74, 6) is 1.54. The summed E-state index contributed by atoms with van der Waals surface area (Å²) in [6.07, 6.45) is 9.68. The van der Waals surface area contributed by atoms with Crippen LogP contribution in [0, 0.1) is 40.0 Å². The van der Waals surface area contributed by atoms with E-state index in [4.69, 9.17) is 5.73 Å². The van der Waals surface area contributed by atoms with E-state index >= 15 is 0 Å². The number of amidine groups is 1. The highest BCUT2D eigenvalue weighted by Gasteiger charge is 2.59. The van der Waals surface area contributed by atoms with Gasteiger partial charge in [-0.2, -0.15) is 10.3 Å². The maximum atomic E-state index is 13.5. The van der Waals surface area contributed by atoms with Crippen molar-refractivity contribution < 1.29 is 9.59 Å². The molecule has 4 bridgehead atoms. The Hall–Kier alpha value is -2.95. The van der Waals surface area contributed by atoms with Gasteiger partial charge in [-0.3, -0.25) is 14.6 Å². The van der Waals surface area contributed by atoms with Gasteiger partial charge in [0.2, 0.25) is 18.0 Å². The second-order valence-corrected chi connectivity index (χ2v) is 10.8. The number of rotatable bonds is 6. The zero-order valence-corrected chi connectivity index (χ0v) is 19.2. The van der Waals surface area contributed by atoms with Crippen LogP contribution in [0.15, 0.2) is 29.4 Å². The maximum Gasteiger partial charge on any atom is 0.236 e. The molecule has 6 rings (SSSR count). The molecule has 4 aliphatic carbocycles. The highest BCUT2D eigenvalue weighted by Crippen LogP contribution is 2.60. The Kier molecular flexibility index (Phi) is 5.38. The summed E-state index contributed by atoms with van der Waals surface area (Å²) in [4.78, 5) is 36.1. The number of nitrogens with one attached hydrogen (secondary N) is 1. The highest BCUT2D eigenvalue weighted by molar-refractivity contribution is 6.09. The number of hydrogen-bond donors (Lipinski definition) is 2. The number of pyridine rings is 1. The van der Waals surface area contributed by atoms with Crippen molar-refractivity contribution in [3.8, 4) is 6.19 Å². The standard InChI is InChI=1S/C25H32N6O2/c1-24(6-9-31(23(24)33)8-5-19-4-2-3-7-28-19)22(29-15-26)30-20-17-10-16-11-18(20)14-25(12-16,13-17)21(27)32/h2-4,7,16-18,20H,5-6,8-14H2,1H3,(H2,27,32)(H,29,30). The van der Waals surface area contributed by atoms with E-state index in [0.717, 1.165) is 37.8 Å². The van der Waals surface area contributed by atoms with Crippen LogP contribution >= 0.6 is 0 Å². The number of carbonyl (C=O) groups excluding carboxylic acids is 2. The summed E-state index contributed by atoms with van der Waals surface area (Å²) >= 11 is 0. The Balaban J connectivity index is 1.30. The first kappa shape index (κ1) is 21.9. The largest absolute Gasteiger partial charge is 0.369 e. The van der Waals surface area contributed by atoms with Crippen LogP contribution in [0.2, 0.25) is 0 Å². The molecule has 174 valence electrons. The van der Waals surface area contributed by atoms with E-state index in [9.17, 15) is 14.9 Å². The van der Waals surface area contributed by atoms with Crippen molar-refractivity contribution in [3.63, 3.8) is 0 Å². The van der Waals surface area contributed by atoms with Gasteiger partial charge in [-0.25, -0.2) is 0 Å². The van der Waals surface area contributed by atoms with Crippen LogP contribution in [0.25, 0.3) is 0 Å². The summed E-state index contributed by atoms with van der Waals surface area (Å²) in [6.45, 7) is 3.14. The van der Waals surface area contributed by atoms with Gasteiger partial charge in [0, 0.05) is 42.9 Å². The van der Waals surface area contributed by atoms with E-state index < -0.39 is 5.41 Å². The molecule has 1 aliphatic heterocycles. The molecule has 1 saturated heterocycles. The SMILES string of the molecule is CC1(C(=NC#N)NC2C3CC4CC2CC(C(N)=O)(C4)C3)CCN(CCc2ccccn2)C1=O. The molecule has 1 aromatic rings. The lowest BCUT2D eigenvalue weighted by molar-refractivity contribution is -0.145. The van der Waals surface area contributed by atoms with Crippen molar-refractivity contribution in [1.29, 1.82) is 5.26 Å². The van der Waals surface area contributed by atoms with Crippen molar-refractivity contribution >= 4 is 17.6 Å². The number of aliphatic imine (C=N–C) groups is 1. The van der Waals surface area contributed by atoms with Crippen molar-refractivity contribution in [3.05, 3.63) is 30.1 Å². The first-order valence-corrected chi connectivity index (χ1v) is 12.1. The fourth-order valence-electron chi connectivity index (χ4n) is 7.23. The number of amides is 2. The van der Waals surface area contributed by atoms with Crippen LogP contribution in [0.5, 0.6) is 0 Å². The van der Waals surface area contributed by atoms with E-state index in [2.05, 4.69) is 15.3 Å². The van der Waals surface area contributed by atoms with E-state index in [1.807, 2.05) is 36.2 Å². The van der Waals surface area contributed by atoms with Crippen molar-refractivity contribution in [2.75, 3.05) is 13.1 Å². The van der Waals surface area contributed by atoms with E-state index in [1.165, 1.54) is 0 Å². The highest BCUT2D eigenvalue weighted by atomic mass is 16.2. The minimum Gasteiger partial charge on any atom is -0.369 e. The average molecular weight is 449 g/mol. The molecule has 1 aromatic heterocycles. The number of hydrogen-bond acceptors (Lipinski definition) is 5. The van der Waals surface area contributed by atoms with Gasteiger partial charge in [0.25, 0.3) is 0 Å². The zero-order valence-electron chi connectivity index (χ0n) is 19.2. The minimum absolute atomic E-state index is 0.0114. The molecule has 8 nitrogen and oxygen atoms in total. The molecule has 5 aliphatic rings. The molecule has 33 heavy (non-hydrogen) atoms. The smallest absolute Gasteiger partial charge is 0.236 e. The summed E-state index contributed by atoms with van der Waals surface area (Å²) in [5, 5.41) is 13.0. The molecule has 8 heteroatoms. The Morgan fingerprint density at radius 3 is 2.73 bits per heavy atom. The average Bonchev–Trinajstić information content (AvgIpc) is 3.09. The number of nitriles is 1. The summed E-state index contributed by atoms with van der Waals surface area (Å²) in [6, 6.07) is 5.93. The molecule has 2 heterocycles. The summed E-state index contributed by atoms with van der Waals surface area (Å²) < 4.78 is 0. The monoisotopic (exact) mass is 448 g/mol. The lowest BCUT2D eigenvalue weighted by Gasteiger charge is -2.59. The molecule has 5 fully saturated rings. The van der Waals surface area contributed by atoms with Crippen LogP contribution in [0.4, 0.5) is 0 Å². The lowest BCUT2D eigenvalue weighted by Crippen LogP contribution is -2.63. The fraction of sp³-hybridized carbons (Fsp3) is 0.640. The lowest BCUT2D eigenvalue weighted by atomic mass is 9.47. The summed E-state index contributed by atoms with van der Waals surface area (Å²) in [7, 11) is 0. The van der Waals surface area contributed by atoms with Gasteiger partial charge in [0.15, 0.2) is 0 Å². The van der Waals surface area contributed by atoms with Crippen molar-refractivity contribution in [2.45, 2.75) is 57.9 Å². The maximum absolute atomic E-state index is 13.5. The number of likely N-dealkylation sites (tertiary alicyclic amines) is 1. The number of carbonyl (C=O) groups is 2. The molecule has 3 N–H and O–H groups in total. The van der Waals surface area contributed by atoms with Gasteiger partial charge in [0.1, 0.15) is 11.3 Å². The Morgan fingerprint density at radius 1 is 1.33 bits per heavy atom. The Bertz CT molecular complexity index is 1000. The van der Waals surface area contributed by atoms with E-state index in [0.29, 0.717) is 49.5 Å². The number of aromatic nitrogens is 1. The van der Waals surface area contributed by atoms with E-state index in [-0.39, 0.29) is 23.3 Å². The van der Waals surface area contributed by atoms with Gasteiger partial charge in [-0.05, 0) is 75.3 Å². The Morgan fingerprint density at radius 2 is 2.09 bits per heavy atom.